The van der Waals surface area contributed by atoms with Gasteiger partial charge in [0.15, 0.2) is 0 Å². The number of allylic oxidation sites excluding steroid dienone is 1. The molecule has 214 valence electrons. The van der Waals surface area contributed by atoms with Crippen molar-refractivity contribution in [3.05, 3.63) is 69.8 Å². The van der Waals surface area contributed by atoms with E-state index in [4.69, 9.17) is 21.1 Å². The van der Waals surface area contributed by atoms with Gasteiger partial charge in [0.25, 0.3) is 5.91 Å². The van der Waals surface area contributed by atoms with Crippen LogP contribution < -0.4 is 9.64 Å². The number of carbonyl (C=O) groups is 1. The minimum absolute atomic E-state index is 0.0527. The molecule has 3 aliphatic heterocycles. The molecule has 8 heteroatoms. The van der Waals surface area contributed by atoms with E-state index in [1.807, 2.05) is 12.1 Å². The second-order valence-corrected chi connectivity index (χ2v) is 14.1. The standard InChI is InChI=1S/C32H39ClN2O4S/c1-20-7-5-14-32(38-4)22(3)21(2)16-35-18-31(13-6-8-23-15-24(33)9-11-26(23)31)19-39-27-12-10-25(28(32)29(27)35)30(36)34-40(37)17-20/h5,9-12,14-15,20-22,40H,6-8,13,16-19H2,1-4H3/b14-5+/t20-,21-,22+,31-,32+/m0/s1. The van der Waals surface area contributed by atoms with Gasteiger partial charge in [-0.3, -0.25) is 9.00 Å². The maximum Gasteiger partial charge on any atom is 0.285 e. The first-order valence-electron chi connectivity index (χ1n) is 14.4. The van der Waals surface area contributed by atoms with Gasteiger partial charge in [-0.25, -0.2) is 0 Å². The number of amides is 1. The van der Waals surface area contributed by atoms with Gasteiger partial charge in [-0.2, -0.15) is 4.36 Å². The molecule has 1 spiro atoms. The van der Waals surface area contributed by atoms with Crippen molar-refractivity contribution in [3.8, 4) is 5.75 Å². The number of thiol groups is 1. The fourth-order valence-corrected chi connectivity index (χ4v) is 8.82. The number of benzene rings is 2. The Balaban J connectivity index is 1.60. The average molecular weight is 583 g/mol. The Kier molecular flexibility index (Phi) is 7.29. The largest absolute Gasteiger partial charge is 0.490 e. The van der Waals surface area contributed by atoms with Crippen LogP contribution in [0.1, 0.15) is 67.1 Å². The number of hydrogen-bond acceptors (Lipinski definition) is 5. The van der Waals surface area contributed by atoms with Crippen LogP contribution >= 0.6 is 11.6 Å². The molecule has 0 radical (unpaired) electrons. The van der Waals surface area contributed by atoms with Crippen LogP contribution in [0.2, 0.25) is 5.02 Å². The van der Waals surface area contributed by atoms with Gasteiger partial charge < -0.3 is 14.4 Å². The summed E-state index contributed by atoms with van der Waals surface area (Å²) in [5.41, 5.74) is 3.68. The highest BCUT2D eigenvalue weighted by molar-refractivity contribution is 7.75. The normalized spacial score (nSPS) is 34.7. The van der Waals surface area contributed by atoms with Crippen molar-refractivity contribution in [2.75, 3.05) is 37.5 Å². The third-order valence-electron chi connectivity index (χ3n) is 9.77. The lowest BCUT2D eigenvalue weighted by Crippen LogP contribution is -2.47. The molecule has 2 aromatic rings. The quantitative estimate of drug-likeness (QED) is 0.314. The number of hydrogen-bond donors (Lipinski definition) is 1. The molecule has 0 bridgehead atoms. The van der Waals surface area contributed by atoms with Crippen molar-refractivity contribution in [2.45, 2.75) is 57.5 Å². The first kappa shape index (κ1) is 27.8. The number of fused-ring (bicyclic) bond motifs is 2. The van der Waals surface area contributed by atoms with Gasteiger partial charge in [-0.1, -0.05) is 50.6 Å². The van der Waals surface area contributed by atoms with Crippen LogP contribution in [0.4, 0.5) is 5.69 Å². The highest BCUT2D eigenvalue weighted by Crippen LogP contribution is 2.54. The minimum atomic E-state index is -2.00. The summed E-state index contributed by atoms with van der Waals surface area (Å²) in [6, 6.07) is 9.99. The molecule has 40 heavy (non-hydrogen) atoms. The van der Waals surface area contributed by atoms with E-state index in [0.717, 1.165) is 60.8 Å². The van der Waals surface area contributed by atoms with Gasteiger partial charge >= 0.3 is 0 Å². The van der Waals surface area contributed by atoms with Crippen LogP contribution in [-0.2, 0) is 32.8 Å². The summed E-state index contributed by atoms with van der Waals surface area (Å²) >= 11 is 6.41. The molecule has 6 rings (SSSR count). The number of anilines is 1. The Labute approximate surface area is 244 Å². The molecular formula is C32H39ClN2O4S. The van der Waals surface area contributed by atoms with Crippen molar-refractivity contribution >= 4 is 33.8 Å². The number of halogens is 1. The van der Waals surface area contributed by atoms with Gasteiger partial charge in [0.2, 0.25) is 0 Å². The van der Waals surface area contributed by atoms with Crippen molar-refractivity contribution in [2.24, 2.45) is 22.1 Å². The summed E-state index contributed by atoms with van der Waals surface area (Å²) in [6.07, 6.45) is 8.13. The van der Waals surface area contributed by atoms with E-state index in [-0.39, 0.29) is 23.2 Å². The van der Waals surface area contributed by atoms with E-state index in [9.17, 15) is 9.00 Å². The Morgan fingerprint density at radius 1 is 1.20 bits per heavy atom. The molecule has 4 aliphatic rings. The lowest BCUT2D eigenvalue weighted by atomic mass is 9.70. The topological polar surface area (TPSA) is 68.2 Å². The molecule has 2 aromatic carbocycles. The van der Waals surface area contributed by atoms with Crippen LogP contribution in [0.5, 0.6) is 5.75 Å². The first-order valence-corrected chi connectivity index (χ1v) is 16.2. The van der Waals surface area contributed by atoms with E-state index in [1.165, 1.54) is 11.1 Å². The SMILES string of the molecule is CO[C@@]12/C=C/C[C@H](C)C/[SH](=O)=N\C(=O)c3ccc4c(c31)N(C[C@H](C)[C@H]2C)C[C@@]1(CCCc2cc(Cl)ccc21)CO4. The van der Waals surface area contributed by atoms with Crippen LogP contribution in [-0.4, -0.2) is 42.7 Å². The maximum atomic E-state index is 13.7. The molecule has 6 atom stereocenters. The fourth-order valence-electron chi connectivity index (χ4n) is 7.55. The maximum absolute atomic E-state index is 13.7. The number of aryl methyl sites for hydroxylation is 1. The summed E-state index contributed by atoms with van der Waals surface area (Å²) in [6.45, 7) is 8.65. The Morgan fingerprint density at radius 3 is 2.83 bits per heavy atom. The molecule has 0 saturated heterocycles. The monoisotopic (exact) mass is 582 g/mol. The second kappa shape index (κ2) is 10.5. The average Bonchev–Trinajstić information content (AvgIpc) is 3.12. The number of methoxy groups -OCH3 is 1. The van der Waals surface area contributed by atoms with Crippen LogP contribution in [0, 0.1) is 17.8 Å². The molecule has 0 N–H and O–H groups in total. The minimum Gasteiger partial charge on any atom is -0.490 e. The van der Waals surface area contributed by atoms with Crippen molar-refractivity contribution in [1.82, 2.24) is 0 Å². The lowest BCUT2D eigenvalue weighted by molar-refractivity contribution is -0.0315. The Bertz CT molecular complexity index is 1470. The van der Waals surface area contributed by atoms with Gasteiger partial charge in [0, 0.05) is 52.5 Å². The molecule has 0 aromatic heterocycles. The van der Waals surface area contributed by atoms with Crippen LogP contribution in [0.25, 0.3) is 0 Å². The van der Waals surface area contributed by atoms with E-state index in [0.29, 0.717) is 17.9 Å². The fraction of sp³-hybridized carbons (Fsp3) is 0.531. The van der Waals surface area contributed by atoms with E-state index in [1.54, 1.807) is 13.2 Å². The summed E-state index contributed by atoms with van der Waals surface area (Å²) in [5.74, 6) is 1.14. The molecule has 1 amide bonds. The second-order valence-electron chi connectivity index (χ2n) is 12.4. The van der Waals surface area contributed by atoms with Gasteiger partial charge in [-0.15, -0.1) is 0 Å². The zero-order chi connectivity index (χ0) is 28.2. The summed E-state index contributed by atoms with van der Waals surface area (Å²) in [7, 11) is -0.269. The summed E-state index contributed by atoms with van der Waals surface area (Å²) < 4.78 is 30.3. The van der Waals surface area contributed by atoms with E-state index in [2.05, 4.69) is 54.3 Å². The van der Waals surface area contributed by atoms with Gasteiger partial charge in [-0.05, 0) is 78.8 Å². The highest BCUT2D eigenvalue weighted by Gasteiger charge is 2.50. The third kappa shape index (κ3) is 4.49. The number of nitrogens with zero attached hydrogens (tertiary/aromatic N) is 2. The smallest absolute Gasteiger partial charge is 0.285 e. The molecule has 6 nitrogen and oxygen atoms in total. The molecule has 1 aliphatic carbocycles. The van der Waals surface area contributed by atoms with Crippen LogP contribution in [0.15, 0.2) is 46.8 Å². The molecular weight excluding hydrogens is 544 g/mol. The number of carbonyl (C=O) groups excluding carboxylic acids is 1. The number of rotatable bonds is 1. The lowest BCUT2D eigenvalue weighted by Gasteiger charge is -2.41. The molecule has 0 fully saturated rings. The predicted octanol–water partition coefficient (Wildman–Crippen LogP) is 6.34. The summed E-state index contributed by atoms with van der Waals surface area (Å²) in [4.78, 5) is 16.2. The molecule has 3 heterocycles. The van der Waals surface area contributed by atoms with E-state index < -0.39 is 22.1 Å². The zero-order valence-electron chi connectivity index (χ0n) is 23.8. The van der Waals surface area contributed by atoms with Crippen LogP contribution in [0.3, 0.4) is 0 Å². The third-order valence-corrected chi connectivity index (χ3v) is 11.3. The zero-order valence-corrected chi connectivity index (χ0v) is 25.4. The summed E-state index contributed by atoms with van der Waals surface area (Å²) in [5, 5.41) is 0.765. The van der Waals surface area contributed by atoms with E-state index >= 15 is 0 Å². The first-order chi connectivity index (χ1) is 19.2. The van der Waals surface area contributed by atoms with Crippen molar-refractivity contribution in [3.63, 3.8) is 0 Å². The van der Waals surface area contributed by atoms with Crippen molar-refractivity contribution in [1.29, 1.82) is 0 Å². The van der Waals surface area contributed by atoms with Crippen molar-refractivity contribution < 1.29 is 18.5 Å². The van der Waals surface area contributed by atoms with Gasteiger partial charge in [0.05, 0.1) is 17.9 Å². The Morgan fingerprint density at radius 2 is 2.02 bits per heavy atom. The molecule has 0 saturated carbocycles. The number of ether oxygens (including phenoxy) is 2. The van der Waals surface area contributed by atoms with Gasteiger partial charge in [0.1, 0.15) is 11.4 Å². The predicted molar refractivity (Wildman–Crippen MR) is 161 cm³/mol. The Hall–Kier alpha value is -2.35. The molecule has 1 unspecified atom stereocenters. The highest BCUT2D eigenvalue weighted by atomic mass is 35.5.